The average Bonchev–Trinajstić information content (AvgIpc) is 2.95. The fourth-order valence-electron chi connectivity index (χ4n) is 3.69. The van der Waals surface area contributed by atoms with Gasteiger partial charge in [-0.15, -0.1) is 0 Å². The molecule has 3 heteroatoms. The van der Waals surface area contributed by atoms with Gasteiger partial charge in [-0.3, -0.25) is 0 Å². The molecule has 3 nitrogen and oxygen atoms in total. The standard InChI is InChI=1S/C27H25N3/c1-5-20(4)28-24(6-2)22-14-16-27-19(3)11-12-23(18-30(27)17-22)26-15-13-21-9-7-8-10-25(21)29-26/h5-10,13-18H,1-2,4,11-12H2,3H3. The molecule has 4 rings (SSSR count). The SMILES string of the molecule is C=CC(=C)N=C(C=C)C1=CN2C=C(c3ccc4ccccc4n3)CCC(C)=C2C=C1. The summed E-state index contributed by atoms with van der Waals surface area (Å²) in [6.07, 6.45) is 13.9. The van der Waals surface area contributed by atoms with Gasteiger partial charge in [0.25, 0.3) is 0 Å². The highest BCUT2D eigenvalue weighted by molar-refractivity contribution is 6.10. The van der Waals surface area contributed by atoms with E-state index >= 15 is 0 Å². The lowest BCUT2D eigenvalue weighted by atomic mass is 10.0. The minimum absolute atomic E-state index is 0.615. The number of nitrogens with zero attached hydrogens (tertiary/aromatic N) is 3. The van der Waals surface area contributed by atoms with Crippen molar-refractivity contribution in [2.75, 3.05) is 0 Å². The number of hydrogen-bond acceptors (Lipinski definition) is 3. The first-order valence-electron chi connectivity index (χ1n) is 10.1. The number of rotatable bonds is 5. The monoisotopic (exact) mass is 391 g/mol. The highest BCUT2D eigenvalue weighted by Gasteiger charge is 2.19. The van der Waals surface area contributed by atoms with Crippen LogP contribution in [0.2, 0.25) is 0 Å². The fraction of sp³-hybridized carbons (Fsp3) is 0.111. The summed E-state index contributed by atoms with van der Waals surface area (Å²) in [5, 5.41) is 1.16. The van der Waals surface area contributed by atoms with Gasteiger partial charge in [0, 0.05) is 29.1 Å². The van der Waals surface area contributed by atoms with E-state index in [-0.39, 0.29) is 0 Å². The molecule has 148 valence electrons. The molecule has 3 heterocycles. The average molecular weight is 392 g/mol. The predicted octanol–water partition coefficient (Wildman–Crippen LogP) is 6.73. The largest absolute Gasteiger partial charge is 0.323 e. The summed E-state index contributed by atoms with van der Waals surface area (Å²) in [6, 6.07) is 12.5. The van der Waals surface area contributed by atoms with Gasteiger partial charge in [-0.1, -0.05) is 44.0 Å². The molecule has 2 aliphatic rings. The number of hydrogen-bond donors (Lipinski definition) is 0. The van der Waals surface area contributed by atoms with Crippen LogP contribution in [0.15, 0.2) is 120 Å². The molecule has 0 unspecified atom stereocenters. The van der Waals surface area contributed by atoms with Crippen LogP contribution in [0, 0.1) is 0 Å². The molecule has 2 aliphatic heterocycles. The minimum atomic E-state index is 0.615. The van der Waals surface area contributed by atoms with Gasteiger partial charge < -0.3 is 4.90 Å². The lowest BCUT2D eigenvalue weighted by molar-refractivity contribution is 0.636. The van der Waals surface area contributed by atoms with E-state index < -0.39 is 0 Å². The Balaban J connectivity index is 1.75. The van der Waals surface area contributed by atoms with E-state index in [1.165, 1.54) is 16.8 Å². The highest BCUT2D eigenvalue weighted by Crippen LogP contribution is 2.33. The van der Waals surface area contributed by atoms with Crippen LogP contribution in [0.1, 0.15) is 25.5 Å². The molecular weight excluding hydrogens is 366 g/mol. The first-order chi connectivity index (χ1) is 14.6. The molecular formula is C27H25N3. The maximum atomic E-state index is 4.91. The Labute approximate surface area is 178 Å². The first kappa shape index (κ1) is 19.6. The third-order valence-electron chi connectivity index (χ3n) is 5.39. The van der Waals surface area contributed by atoms with Crippen molar-refractivity contribution in [3.63, 3.8) is 0 Å². The topological polar surface area (TPSA) is 28.5 Å². The van der Waals surface area contributed by atoms with Crippen LogP contribution in [0.5, 0.6) is 0 Å². The molecule has 0 bridgehead atoms. The molecule has 0 spiro atoms. The summed E-state index contributed by atoms with van der Waals surface area (Å²) in [6.45, 7) is 13.7. The Morgan fingerprint density at radius 3 is 2.67 bits per heavy atom. The van der Waals surface area contributed by atoms with E-state index in [4.69, 9.17) is 4.98 Å². The summed E-state index contributed by atoms with van der Waals surface area (Å²) in [4.78, 5) is 11.6. The van der Waals surface area contributed by atoms with Gasteiger partial charge in [-0.05, 0) is 67.3 Å². The van der Waals surface area contributed by atoms with Crippen LogP contribution in [0.3, 0.4) is 0 Å². The zero-order valence-corrected chi connectivity index (χ0v) is 17.3. The van der Waals surface area contributed by atoms with Crippen molar-refractivity contribution in [1.82, 2.24) is 9.88 Å². The second-order valence-corrected chi connectivity index (χ2v) is 7.43. The molecule has 0 aliphatic carbocycles. The summed E-state index contributed by atoms with van der Waals surface area (Å²) < 4.78 is 0. The predicted molar refractivity (Wildman–Crippen MR) is 128 cm³/mol. The maximum Gasteiger partial charge on any atom is 0.0717 e. The third kappa shape index (κ3) is 3.87. The van der Waals surface area contributed by atoms with Gasteiger partial charge in [-0.25, -0.2) is 9.98 Å². The maximum absolute atomic E-state index is 4.91. The Morgan fingerprint density at radius 1 is 1.03 bits per heavy atom. The molecule has 30 heavy (non-hydrogen) atoms. The second-order valence-electron chi connectivity index (χ2n) is 7.43. The number of para-hydroxylation sites is 1. The first-order valence-corrected chi connectivity index (χ1v) is 10.1. The molecule has 0 saturated heterocycles. The number of pyridine rings is 1. The molecule has 0 N–H and O–H groups in total. The molecule has 0 fully saturated rings. The zero-order valence-electron chi connectivity index (χ0n) is 17.3. The summed E-state index contributed by atoms with van der Waals surface area (Å²) in [7, 11) is 0. The second kappa shape index (κ2) is 8.34. The van der Waals surface area contributed by atoms with Crippen LogP contribution in [-0.4, -0.2) is 15.6 Å². The minimum Gasteiger partial charge on any atom is -0.323 e. The number of allylic oxidation sites excluding steroid dienone is 7. The van der Waals surface area contributed by atoms with Crippen LogP contribution in [0.4, 0.5) is 0 Å². The van der Waals surface area contributed by atoms with Gasteiger partial charge in [-0.2, -0.15) is 0 Å². The van der Waals surface area contributed by atoms with E-state index in [1.54, 1.807) is 12.2 Å². The van der Waals surface area contributed by atoms with Gasteiger partial charge in [0.05, 0.1) is 22.6 Å². The molecule has 0 saturated carbocycles. The van der Waals surface area contributed by atoms with E-state index in [2.05, 4.69) is 85.4 Å². The number of aliphatic imine (C=N–C) groups is 1. The van der Waals surface area contributed by atoms with Crippen LogP contribution >= 0.6 is 0 Å². The molecule has 0 atom stereocenters. The fourth-order valence-corrected chi connectivity index (χ4v) is 3.69. The van der Waals surface area contributed by atoms with Crippen molar-refractivity contribution in [2.24, 2.45) is 4.99 Å². The molecule has 0 radical (unpaired) electrons. The Kier molecular flexibility index (Phi) is 5.44. The van der Waals surface area contributed by atoms with Crippen LogP contribution in [-0.2, 0) is 0 Å². The normalized spacial score (nSPS) is 16.6. The number of aromatic nitrogens is 1. The lowest BCUT2D eigenvalue weighted by Gasteiger charge is -2.24. The van der Waals surface area contributed by atoms with E-state index in [9.17, 15) is 0 Å². The lowest BCUT2D eigenvalue weighted by Crippen LogP contribution is -2.15. The highest BCUT2D eigenvalue weighted by atomic mass is 15.1. The van der Waals surface area contributed by atoms with E-state index in [0.29, 0.717) is 5.70 Å². The van der Waals surface area contributed by atoms with Crippen molar-refractivity contribution in [3.05, 3.63) is 121 Å². The molecule has 1 aromatic heterocycles. The van der Waals surface area contributed by atoms with Gasteiger partial charge in [0.15, 0.2) is 0 Å². The number of benzene rings is 1. The van der Waals surface area contributed by atoms with Crippen molar-refractivity contribution in [1.29, 1.82) is 0 Å². The van der Waals surface area contributed by atoms with Crippen LogP contribution in [0.25, 0.3) is 16.5 Å². The Morgan fingerprint density at radius 2 is 1.87 bits per heavy atom. The smallest absolute Gasteiger partial charge is 0.0717 e. The third-order valence-corrected chi connectivity index (χ3v) is 5.39. The Bertz CT molecular complexity index is 1200. The summed E-state index contributed by atoms with van der Waals surface area (Å²) in [5.74, 6) is 0. The van der Waals surface area contributed by atoms with E-state index in [1.807, 2.05) is 12.1 Å². The Hall–Kier alpha value is -3.72. The van der Waals surface area contributed by atoms with Gasteiger partial charge in [0.1, 0.15) is 0 Å². The van der Waals surface area contributed by atoms with Crippen molar-refractivity contribution < 1.29 is 0 Å². The molecule has 0 amide bonds. The zero-order chi connectivity index (χ0) is 21.1. The van der Waals surface area contributed by atoms with Gasteiger partial charge >= 0.3 is 0 Å². The van der Waals surface area contributed by atoms with Gasteiger partial charge in [0.2, 0.25) is 0 Å². The van der Waals surface area contributed by atoms with Crippen LogP contribution < -0.4 is 0 Å². The number of fused-ring (bicyclic) bond motifs is 2. The van der Waals surface area contributed by atoms with Crippen molar-refractivity contribution >= 4 is 22.2 Å². The summed E-state index contributed by atoms with van der Waals surface area (Å²) >= 11 is 0. The molecule has 1 aromatic carbocycles. The van der Waals surface area contributed by atoms with Crippen molar-refractivity contribution in [3.8, 4) is 0 Å². The molecule has 2 aromatic rings. The van der Waals surface area contributed by atoms with E-state index in [0.717, 1.165) is 40.7 Å². The summed E-state index contributed by atoms with van der Waals surface area (Å²) in [5.41, 5.74) is 8.16. The quantitative estimate of drug-likeness (QED) is 0.418. The van der Waals surface area contributed by atoms with Crippen molar-refractivity contribution in [2.45, 2.75) is 19.8 Å².